The number of carboxylic acids is 1. The van der Waals surface area contributed by atoms with Crippen molar-refractivity contribution in [2.45, 2.75) is 45.4 Å². The van der Waals surface area contributed by atoms with Crippen molar-refractivity contribution in [2.75, 3.05) is 6.54 Å². The average molecular weight is 251 g/mol. The van der Waals surface area contributed by atoms with Crippen LogP contribution in [0.25, 0.3) is 0 Å². The van der Waals surface area contributed by atoms with Crippen LogP contribution >= 0.6 is 0 Å². The van der Waals surface area contributed by atoms with E-state index >= 15 is 0 Å². The summed E-state index contributed by atoms with van der Waals surface area (Å²) in [6.45, 7) is 2.21. The van der Waals surface area contributed by atoms with Gasteiger partial charge in [-0.25, -0.2) is 0 Å². The Morgan fingerprint density at radius 2 is 1.83 bits per heavy atom. The minimum atomic E-state index is -0.608. The molecule has 0 unspecified atom stereocenters. The molecule has 4 fully saturated rings. The molecule has 2 atom stereocenters. The number of hydrogen-bond donors (Lipinski definition) is 2. The van der Waals surface area contributed by atoms with Crippen molar-refractivity contribution < 1.29 is 14.7 Å². The van der Waals surface area contributed by atoms with Gasteiger partial charge in [0, 0.05) is 13.5 Å². The van der Waals surface area contributed by atoms with E-state index in [2.05, 4.69) is 5.32 Å². The van der Waals surface area contributed by atoms with Crippen LogP contribution in [0.3, 0.4) is 0 Å². The van der Waals surface area contributed by atoms with Crippen molar-refractivity contribution in [3.63, 3.8) is 0 Å². The maximum atomic E-state index is 11.6. The van der Waals surface area contributed by atoms with Gasteiger partial charge in [-0.05, 0) is 55.8 Å². The molecule has 4 heteroatoms. The van der Waals surface area contributed by atoms with Crippen LogP contribution < -0.4 is 5.32 Å². The first-order valence-electron chi connectivity index (χ1n) is 6.91. The second kappa shape index (κ2) is 3.72. The molecule has 0 aromatic rings. The third-order valence-corrected chi connectivity index (χ3v) is 5.35. The van der Waals surface area contributed by atoms with Crippen LogP contribution in [0.4, 0.5) is 0 Å². The minimum Gasteiger partial charge on any atom is -0.481 e. The Hall–Kier alpha value is -1.06. The van der Waals surface area contributed by atoms with E-state index in [1.165, 1.54) is 13.3 Å². The van der Waals surface area contributed by atoms with Gasteiger partial charge in [0.25, 0.3) is 0 Å². The highest BCUT2D eigenvalue weighted by atomic mass is 16.4. The second-order valence-electron chi connectivity index (χ2n) is 6.96. The molecule has 2 N–H and O–H groups in total. The SMILES string of the molecule is CC(=O)NCC12C[C@H]3C[C@H](C1)CC(C(=O)O)(C3)C2. The molecule has 0 aliphatic heterocycles. The maximum Gasteiger partial charge on any atom is 0.309 e. The van der Waals surface area contributed by atoms with Crippen LogP contribution in [0, 0.1) is 22.7 Å². The smallest absolute Gasteiger partial charge is 0.309 e. The molecule has 4 aliphatic carbocycles. The van der Waals surface area contributed by atoms with Crippen LogP contribution in [0.15, 0.2) is 0 Å². The van der Waals surface area contributed by atoms with Gasteiger partial charge in [-0.1, -0.05) is 0 Å². The largest absolute Gasteiger partial charge is 0.481 e. The molecule has 0 aromatic heterocycles. The normalized spacial score (nSPS) is 44.9. The topological polar surface area (TPSA) is 66.4 Å². The number of carbonyl (C=O) groups excluding carboxylic acids is 1. The van der Waals surface area contributed by atoms with Gasteiger partial charge in [-0.3, -0.25) is 9.59 Å². The molecular weight excluding hydrogens is 230 g/mol. The Labute approximate surface area is 107 Å². The van der Waals surface area contributed by atoms with Crippen LogP contribution in [0.1, 0.15) is 45.4 Å². The van der Waals surface area contributed by atoms with Gasteiger partial charge in [-0.2, -0.15) is 0 Å². The number of carbonyl (C=O) groups is 2. The standard InChI is InChI=1S/C14H21NO3/c1-9(16)15-8-13-3-10-2-11(4-13)6-14(5-10,7-13)12(17)18/h10-11H,2-8H2,1H3,(H,15,16)(H,17,18)/t10-,11-,13?,14?/m1/s1. The summed E-state index contributed by atoms with van der Waals surface area (Å²) in [7, 11) is 0. The molecule has 0 aromatic carbocycles. The molecule has 0 radical (unpaired) electrons. The molecule has 4 rings (SSSR count). The van der Waals surface area contributed by atoms with E-state index in [9.17, 15) is 14.7 Å². The van der Waals surface area contributed by atoms with Crippen molar-refractivity contribution >= 4 is 11.9 Å². The summed E-state index contributed by atoms with van der Waals surface area (Å²) in [5.74, 6) is 0.520. The number of carboxylic acid groups (broad SMARTS) is 1. The molecular formula is C14H21NO3. The third-order valence-electron chi connectivity index (χ3n) is 5.35. The molecule has 0 spiro atoms. The summed E-state index contributed by atoms with van der Waals surface area (Å²) < 4.78 is 0. The summed E-state index contributed by atoms with van der Waals surface area (Å²) >= 11 is 0. The van der Waals surface area contributed by atoms with E-state index in [0.717, 1.165) is 32.1 Å². The molecule has 1 amide bonds. The van der Waals surface area contributed by atoms with Crippen LogP contribution in [0.2, 0.25) is 0 Å². The summed E-state index contributed by atoms with van der Waals surface area (Å²) in [6.07, 6.45) is 5.92. The predicted molar refractivity (Wildman–Crippen MR) is 65.9 cm³/mol. The van der Waals surface area contributed by atoms with E-state index < -0.39 is 11.4 Å². The van der Waals surface area contributed by atoms with Gasteiger partial charge in [0.15, 0.2) is 0 Å². The zero-order valence-electron chi connectivity index (χ0n) is 10.9. The summed E-state index contributed by atoms with van der Waals surface area (Å²) in [6, 6.07) is 0. The monoisotopic (exact) mass is 251 g/mol. The van der Waals surface area contributed by atoms with Gasteiger partial charge in [0.1, 0.15) is 0 Å². The quantitative estimate of drug-likeness (QED) is 0.803. The number of nitrogens with one attached hydrogen (secondary N) is 1. The first-order chi connectivity index (χ1) is 8.43. The lowest BCUT2D eigenvalue weighted by Gasteiger charge is -2.60. The van der Waals surface area contributed by atoms with Gasteiger partial charge >= 0.3 is 5.97 Å². The summed E-state index contributed by atoms with van der Waals surface area (Å²) in [5, 5.41) is 12.5. The number of aliphatic carboxylic acids is 1. The Morgan fingerprint density at radius 1 is 1.22 bits per heavy atom. The Bertz CT molecular complexity index is 390. The highest BCUT2D eigenvalue weighted by molar-refractivity contribution is 5.76. The minimum absolute atomic E-state index is 0.00452. The van der Waals surface area contributed by atoms with E-state index in [4.69, 9.17) is 0 Å². The van der Waals surface area contributed by atoms with E-state index in [0.29, 0.717) is 18.4 Å². The second-order valence-corrected chi connectivity index (χ2v) is 6.96. The third kappa shape index (κ3) is 1.73. The fraction of sp³-hybridized carbons (Fsp3) is 0.857. The molecule has 0 saturated heterocycles. The highest BCUT2D eigenvalue weighted by Gasteiger charge is 2.60. The van der Waals surface area contributed by atoms with E-state index in [-0.39, 0.29) is 11.3 Å². The molecule has 0 heterocycles. The number of hydrogen-bond acceptors (Lipinski definition) is 2. The molecule has 18 heavy (non-hydrogen) atoms. The fourth-order valence-corrected chi connectivity index (χ4v) is 5.22. The van der Waals surface area contributed by atoms with Gasteiger partial charge in [-0.15, -0.1) is 0 Å². The van der Waals surface area contributed by atoms with Gasteiger partial charge in [0.05, 0.1) is 5.41 Å². The molecule has 4 saturated carbocycles. The van der Waals surface area contributed by atoms with Crippen molar-refractivity contribution in [2.24, 2.45) is 22.7 Å². The highest BCUT2D eigenvalue weighted by Crippen LogP contribution is 2.65. The Balaban J connectivity index is 1.85. The zero-order valence-corrected chi connectivity index (χ0v) is 10.9. The van der Waals surface area contributed by atoms with Crippen LogP contribution in [0.5, 0.6) is 0 Å². The van der Waals surface area contributed by atoms with Crippen LogP contribution in [-0.4, -0.2) is 23.5 Å². The molecule has 100 valence electrons. The van der Waals surface area contributed by atoms with Crippen LogP contribution in [-0.2, 0) is 9.59 Å². The first-order valence-corrected chi connectivity index (χ1v) is 6.91. The van der Waals surface area contributed by atoms with E-state index in [1.54, 1.807) is 0 Å². The predicted octanol–water partition coefficient (Wildman–Crippen LogP) is 1.79. The first kappa shape index (κ1) is 12.0. The van der Waals surface area contributed by atoms with Crippen molar-refractivity contribution in [1.29, 1.82) is 0 Å². The number of amides is 1. The summed E-state index contributed by atoms with van der Waals surface area (Å²) in [4.78, 5) is 22.8. The fourth-order valence-electron chi connectivity index (χ4n) is 5.22. The zero-order chi connectivity index (χ0) is 13.0. The lowest BCUT2D eigenvalue weighted by Crippen LogP contribution is -2.57. The van der Waals surface area contributed by atoms with Crippen molar-refractivity contribution in [3.8, 4) is 0 Å². The molecule has 4 nitrogen and oxygen atoms in total. The van der Waals surface area contributed by atoms with Gasteiger partial charge < -0.3 is 10.4 Å². The molecule has 4 bridgehead atoms. The summed E-state index contributed by atoms with van der Waals surface area (Å²) in [5.41, 5.74) is -0.420. The maximum absolute atomic E-state index is 11.6. The van der Waals surface area contributed by atoms with Gasteiger partial charge in [0.2, 0.25) is 5.91 Å². The van der Waals surface area contributed by atoms with Crippen molar-refractivity contribution in [1.82, 2.24) is 5.32 Å². The Morgan fingerprint density at radius 3 is 2.33 bits per heavy atom. The number of rotatable bonds is 3. The molecule has 4 aliphatic rings. The average Bonchev–Trinajstić information content (AvgIpc) is 2.24. The lowest BCUT2D eigenvalue weighted by molar-refractivity contribution is -0.174. The lowest BCUT2D eigenvalue weighted by atomic mass is 9.44. The Kier molecular flexibility index (Phi) is 2.48. The van der Waals surface area contributed by atoms with E-state index in [1.807, 2.05) is 0 Å². The van der Waals surface area contributed by atoms with Crippen molar-refractivity contribution in [3.05, 3.63) is 0 Å².